The first-order chi connectivity index (χ1) is 9.24. The van der Waals surface area contributed by atoms with Crippen molar-refractivity contribution in [2.75, 3.05) is 19.7 Å². The first kappa shape index (κ1) is 12.3. The summed E-state index contributed by atoms with van der Waals surface area (Å²) >= 11 is 0. The smallest absolute Gasteiger partial charge is 0.261 e. The van der Waals surface area contributed by atoms with Crippen LogP contribution >= 0.6 is 0 Å². The van der Waals surface area contributed by atoms with E-state index in [-0.39, 0.29) is 11.7 Å². The Morgan fingerprint density at radius 1 is 1.53 bits per heavy atom. The van der Waals surface area contributed by atoms with Gasteiger partial charge in [0.2, 0.25) is 0 Å². The summed E-state index contributed by atoms with van der Waals surface area (Å²) in [6.45, 7) is 2.65. The SMILES string of the molecule is O=c1c2ccc(F)cc2ncn1CC1CNCCO1. The number of nitrogens with one attached hydrogen (secondary N) is 1. The molecule has 1 aliphatic heterocycles. The van der Waals surface area contributed by atoms with Crippen LogP contribution in [0.3, 0.4) is 0 Å². The fourth-order valence-electron chi connectivity index (χ4n) is 2.22. The lowest BCUT2D eigenvalue weighted by Crippen LogP contribution is -2.42. The van der Waals surface area contributed by atoms with E-state index in [4.69, 9.17) is 4.74 Å². The first-order valence-electron chi connectivity index (χ1n) is 6.21. The molecule has 1 aliphatic rings. The lowest BCUT2D eigenvalue weighted by atomic mass is 10.2. The van der Waals surface area contributed by atoms with Crippen molar-refractivity contribution in [3.63, 3.8) is 0 Å². The third kappa shape index (κ3) is 2.50. The van der Waals surface area contributed by atoms with Crippen molar-refractivity contribution < 1.29 is 9.13 Å². The van der Waals surface area contributed by atoms with Crippen LogP contribution in [0.5, 0.6) is 0 Å². The van der Waals surface area contributed by atoms with Crippen LogP contribution in [0.15, 0.2) is 29.3 Å². The zero-order chi connectivity index (χ0) is 13.2. The molecule has 6 heteroatoms. The third-order valence-electron chi connectivity index (χ3n) is 3.19. The van der Waals surface area contributed by atoms with Gasteiger partial charge in [0.1, 0.15) is 5.82 Å². The topological polar surface area (TPSA) is 56.2 Å². The van der Waals surface area contributed by atoms with Gasteiger partial charge in [0, 0.05) is 19.2 Å². The number of hydrogen-bond acceptors (Lipinski definition) is 4. The molecule has 2 heterocycles. The van der Waals surface area contributed by atoms with Gasteiger partial charge in [0.25, 0.3) is 5.56 Å². The van der Waals surface area contributed by atoms with E-state index in [0.29, 0.717) is 30.6 Å². The Labute approximate surface area is 109 Å². The van der Waals surface area contributed by atoms with Gasteiger partial charge in [-0.15, -0.1) is 0 Å². The number of morpholine rings is 1. The van der Waals surface area contributed by atoms with Crippen LogP contribution in [0.1, 0.15) is 0 Å². The molecule has 5 nitrogen and oxygen atoms in total. The summed E-state index contributed by atoms with van der Waals surface area (Å²) in [6.07, 6.45) is 1.41. The minimum absolute atomic E-state index is 0.0360. The van der Waals surface area contributed by atoms with Crippen molar-refractivity contribution in [2.24, 2.45) is 0 Å². The molecular weight excluding hydrogens is 249 g/mol. The molecule has 0 radical (unpaired) electrons. The van der Waals surface area contributed by atoms with Crippen molar-refractivity contribution in [2.45, 2.75) is 12.6 Å². The second kappa shape index (κ2) is 5.07. The van der Waals surface area contributed by atoms with E-state index in [1.54, 1.807) is 0 Å². The van der Waals surface area contributed by atoms with Crippen molar-refractivity contribution in [1.29, 1.82) is 0 Å². The van der Waals surface area contributed by atoms with E-state index in [2.05, 4.69) is 10.3 Å². The minimum atomic E-state index is -0.392. The number of benzene rings is 1. The molecule has 19 heavy (non-hydrogen) atoms. The molecule has 0 aliphatic carbocycles. The summed E-state index contributed by atoms with van der Waals surface area (Å²) < 4.78 is 20.1. The molecule has 1 atom stereocenters. The van der Waals surface area contributed by atoms with Gasteiger partial charge in [-0.3, -0.25) is 9.36 Å². The highest BCUT2D eigenvalue weighted by molar-refractivity contribution is 5.77. The van der Waals surface area contributed by atoms with Crippen molar-refractivity contribution in [3.8, 4) is 0 Å². The quantitative estimate of drug-likeness (QED) is 0.858. The summed E-state index contributed by atoms with van der Waals surface area (Å²) in [5.74, 6) is -0.392. The van der Waals surface area contributed by atoms with Crippen LogP contribution in [0.4, 0.5) is 4.39 Å². The van der Waals surface area contributed by atoms with Crippen LogP contribution in [-0.2, 0) is 11.3 Å². The van der Waals surface area contributed by atoms with E-state index in [1.807, 2.05) is 0 Å². The van der Waals surface area contributed by atoms with Crippen LogP contribution in [0.25, 0.3) is 10.9 Å². The Hall–Kier alpha value is -1.79. The Morgan fingerprint density at radius 3 is 3.21 bits per heavy atom. The van der Waals surface area contributed by atoms with Crippen LogP contribution in [-0.4, -0.2) is 35.4 Å². The zero-order valence-corrected chi connectivity index (χ0v) is 10.3. The Morgan fingerprint density at radius 2 is 2.42 bits per heavy atom. The van der Waals surface area contributed by atoms with Gasteiger partial charge in [0.15, 0.2) is 0 Å². The predicted molar refractivity (Wildman–Crippen MR) is 68.6 cm³/mol. The lowest BCUT2D eigenvalue weighted by molar-refractivity contribution is 0.0175. The standard InChI is InChI=1S/C13H14FN3O2/c14-9-1-2-11-12(5-9)16-8-17(13(11)18)7-10-6-15-3-4-19-10/h1-2,5,8,10,15H,3-4,6-7H2. The number of fused-ring (bicyclic) bond motifs is 1. The monoisotopic (exact) mass is 263 g/mol. The van der Waals surface area contributed by atoms with E-state index in [1.165, 1.54) is 29.1 Å². The molecule has 0 amide bonds. The maximum Gasteiger partial charge on any atom is 0.261 e. The molecule has 1 unspecified atom stereocenters. The summed E-state index contributed by atoms with van der Waals surface area (Å²) in [4.78, 5) is 16.4. The van der Waals surface area contributed by atoms with Gasteiger partial charge in [-0.05, 0) is 12.1 Å². The summed E-state index contributed by atoms with van der Waals surface area (Å²) in [7, 11) is 0. The van der Waals surface area contributed by atoms with E-state index < -0.39 is 5.82 Å². The third-order valence-corrected chi connectivity index (χ3v) is 3.19. The maximum absolute atomic E-state index is 13.1. The second-order valence-corrected chi connectivity index (χ2v) is 4.56. The largest absolute Gasteiger partial charge is 0.374 e. The van der Waals surface area contributed by atoms with Gasteiger partial charge >= 0.3 is 0 Å². The van der Waals surface area contributed by atoms with E-state index in [9.17, 15) is 9.18 Å². The number of ether oxygens (including phenoxy) is 1. The highest BCUT2D eigenvalue weighted by Gasteiger charge is 2.15. The fraction of sp³-hybridized carbons (Fsp3) is 0.385. The van der Waals surface area contributed by atoms with E-state index in [0.717, 1.165) is 6.54 Å². The lowest BCUT2D eigenvalue weighted by Gasteiger charge is -2.24. The summed E-state index contributed by atoms with van der Waals surface area (Å²) in [5.41, 5.74) is 0.211. The second-order valence-electron chi connectivity index (χ2n) is 4.56. The van der Waals surface area contributed by atoms with Gasteiger partial charge < -0.3 is 10.1 Å². The average Bonchev–Trinajstić information content (AvgIpc) is 2.43. The van der Waals surface area contributed by atoms with Gasteiger partial charge in [0.05, 0.1) is 36.5 Å². The highest BCUT2D eigenvalue weighted by atomic mass is 19.1. The number of aromatic nitrogens is 2. The Kier molecular flexibility index (Phi) is 3.27. The molecule has 1 aromatic heterocycles. The molecule has 100 valence electrons. The number of halogens is 1. The first-order valence-corrected chi connectivity index (χ1v) is 6.21. The fourth-order valence-corrected chi connectivity index (χ4v) is 2.22. The summed E-state index contributed by atoms with van der Waals surface area (Å²) in [5, 5.41) is 3.63. The molecule has 1 N–H and O–H groups in total. The predicted octanol–water partition coefficient (Wildman–Crippen LogP) is 0.524. The molecular formula is C13H14FN3O2. The molecule has 0 bridgehead atoms. The van der Waals surface area contributed by atoms with E-state index >= 15 is 0 Å². The summed E-state index contributed by atoms with van der Waals surface area (Å²) in [6, 6.07) is 4.00. The normalized spacial score (nSPS) is 19.7. The van der Waals surface area contributed by atoms with Crippen molar-refractivity contribution in [3.05, 3.63) is 40.7 Å². The Balaban J connectivity index is 1.93. The van der Waals surface area contributed by atoms with Crippen molar-refractivity contribution in [1.82, 2.24) is 14.9 Å². The average molecular weight is 263 g/mol. The molecule has 0 spiro atoms. The van der Waals surface area contributed by atoms with Crippen LogP contribution < -0.4 is 10.9 Å². The molecule has 2 aromatic rings. The maximum atomic E-state index is 13.1. The molecule has 3 rings (SSSR count). The minimum Gasteiger partial charge on any atom is -0.374 e. The number of nitrogens with zero attached hydrogens (tertiary/aromatic N) is 2. The van der Waals surface area contributed by atoms with Gasteiger partial charge in [-0.25, -0.2) is 9.37 Å². The zero-order valence-electron chi connectivity index (χ0n) is 10.3. The molecule has 0 saturated carbocycles. The molecule has 1 fully saturated rings. The van der Waals surface area contributed by atoms with Crippen LogP contribution in [0, 0.1) is 5.82 Å². The molecule has 1 aromatic carbocycles. The number of hydrogen-bond donors (Lipinski definition) is 1. The van der Waals surface area contributed by atoms with Gasteiger partial charge in [-0.2, -0.15) is 0 Å². The Bertz CT molecular complexity index is 650. The van der Waals surface area contributed by atoms with Gasteiger partial charge in [-0.1, -0.05) is 0 Å². The highest BCUT2D eigenvalue weighted by Crippen LogP contribution is 2.09. The number of rotatable bonds is 2. The molecule has 1 saturated heterocycles. The van der Waals surface area contributed by atoms with Crippen molar-refractivity contribution >= 4 is 10.9 Å². The van der Waals surface area contributed by atoms with Crippen LogP contribution in [0.2, 0.25) is 0 Å².